The third-order valence-corrected chi connectivity index (χ3v) is 9.06. The molecule has 0 atom stereocenters. The maximum atomic E-state index is 13.7. The van der Waals surface area contributed by atoms with Gasteiger partial charge in [0.05, 0.1) is 38.7 Å². The van der Waals surface area contributed by atoms with Crippen molar-refractivity contribution in [1.29, 1.82) is 0 Å². The second kappa shape index (κ2) is 12.7. The summed E-state index contributed by atoms with van der Waals surface area (Å²) in [6, 6.07) is 8.05. The summed E-state index contributed by atoms with van der Waals surface area (Å²) in [5.41, 5.74) is -0.885. The molecule has 0 aliphatic carbocycles. The van der Waals surface area contributed by atoms with Crippen LogP contribution in [0.1, 0.15) is 35.1 Å². The zero-order chi connectivity index (χ0) is 31.9. The second-order valence-corrected chi connectivity index (χ2v) is 11.6. The average Bonchev–Trinajstić information content (AvgIpc) is 2.97. The van der Waals surface area contributed by atoms with Gasteiger partial charge in [0.2, 0.25) is 11.8 Å². The number of hydrogen-bond acceptors (Lipinski definition) is 8. The third-order valence-electron chi connectivity index (χ3n) is 6.94. The Labute approximate surface area is 271 Å². The van der Waals surface area contributed by atoms with E-state index in [1.165, 1.54) is 49.5 Å². The first-order valence-corrected chi connectivity index (χ1v) is 14.7. The number of aromatic hydroxyl groups is 2. The van der Waals surface area contributed by atoms with Crippen LogP contribution in [0.5, 0.6) is 23.3 Å². The number of benzene rings is 2. The molecule has 2 aromatic heterocycles. The van der Waals surface area contributed by atoms with Crippen LogP contribution in [0, 0.1) is 9.54 Å². The van der Waals surface area contributed by atoms with Crippen LogP contribution in [0.3, 0.4) is 0 Å². The Kier molecular flexibility index (Phi) is 9.67. The summed E-state index contributed by atoms with van der Waals surface area (Å²) in [6.45, 7) is 2.04. The van der Waals surface area contributed by atoms with Crippen molar-refractivity contribution in [3.63, 3.8) is 0 Å². The fourth-order valence-electron chi connectivity index (χ4n) is 4.64. The Morgan fingerprint density at radius 1 is 0.767 bits per heavy atom. The molecule has 0 bridgehead atoms. The number of hydrogen-bond donors (Lipinski definition) is 2. The van der Waals surface area contributed by atoms with Crippen molar-refractivity contribution in [3.05, 3.63) is 97.9 Å². The highest BCUT2D eigenvalue weighted by atomic mass is 35.5. The van der Waals surface area contributed by atoms with Gasteiger partial charge in [-0.05, 0) is 66.8 Å². The molecule has 0 saturated heterocycles. The monoisotopic (exact) mass is 684 g/mol. The number of halogens is 3. The van der Waals surface area contributed by atoms with Crippen LogP contribution < -0.4 is 20.6 Å². The molecule has 2 heterocycles. The van der Waals surface area contributed by atoms with Gasteiger partial charge in [0.15, 0.2) is 21.0 Å². The highest BCUT2D eigenvalue weighted by Crippen LogP contribution is 2.44. The van der Waals surface area contributed by atoms with Gasteiger partial charge in [-0.2, -0.15) is 0 Å². The van der Waals surface area contributed by atoms with E-state index in [-0.39, 0.29) is 56.0 Å². The normalized spacial score (nSPS) is 11.3. The first-order chi connectivity index (χ1) is 20.2. The van der Waals surface area contributed by atoms with E-state index in [0.717, 1.165) is 9.13 Å². The fourth-order valence-corrected chi connectivity index (χ4v) is 5.58. The molecule has 0 radical (unpaired) electrons. The molecule has 43 heavy (non-hydrogen) atoms. The molecular weight excluding hydrogens is 659 g/mol. The SMILES string of the molecule is CCOc1cc(C(c2c(O)n(C)c(=S)n(C)c2=O)c2c(O)n(C)c(=S)n(C)c2=O)cc(Cl)c1OCc1ccc(Cl)c(Cl)c1. The highest BCUT2D eigenvalue weighted by molar-refractivity contribution is 7.71. The van der Waals surface area contributed by atoms with Gasteiger partial charge in [-0.1, -0.05) is 40.9 Å². The van der Waals surface area contributed by atoms with Crippen molar-refractivity contribution in [1.82, 2.24) is 18.3 Å². The van der Waals surface area contributed by atoms with Crippen LogP contribution >= 0.6 is 59.2 Å². The Morgan fingerprint density at radius 2 is 1.30 bits per heavy atom. The largest absolute Gasteiger partial charge is 0.494 e. The molecule has 0 aliphatic rings. The van der Waals surface area contributed by atoms with Gasteiger partial charge in [0.25, 0.3) is 11.1 Å². The van der Waals surface area contributed by atoms with Gasteiger partial charge >= 0.3 is 0 Å². The van der Waals surface area contributed by atoms with Crippen molar-refractivity contribution in [2.75, 3.05) is 6.61 Å². The molecule has 0 aliphatic heterocycles. The number of ether oxygens (including phenoxy) is 2. The van der Waals surface area contributed by atoms with Crippen molar-refractivity contribution < 1.29 is 19.7 Å². The van der Waals surface area contributed by atoms with Crippen LogP contribution in [0.4, 0.5) is 0 Å². The maximum absolute atomic E-state index is 13.7. The maximum Gasteiger partial charge on any atom is 0.262 e. The number of rotatable bonds is 8. The van der Waals surface area contributed by atoms with E-state index in [1.807, 2.05) is 0 Å². The molecule has 4 rings (SSSR count). The Hall–Kier alpha value is -3.29. The van der Waals surface area contributed by atoms with Gasteiger partial charge in [-0.15, -0.1) is 0 Å². The van der Waals surface area contributed by atoms with E-state index in [2.05, 4.69) is 0 Å². The molecule has 10 nitrogen and oxygen atoms in total. The zero-order valence-corrected chi connectivity index (χ0v) is 27.5. The summed E-state index contributed by atoms with van der Waals surface area (Å²) >= 11 is 29.5. The molecule has 0 amide bonds. The Balaban J connectivity index is 2.03. The summed E-state index contributed by atoms with van der Waals surface area (Å²) in [5, 5.41) is 23.3. The van der Waals surface area contributed by atoms with Gasteiger partial charge < -0.3 is 19.7 Å². The zero-order valence-electron chi connectivity index (χ0n) is 23.6. The van der Waals surface area contributed by atoms with Crippen LogP contribution in [0.2, 0.25) is 15.1 Å². The number of nitrogens with zero attached hydrogens (tertiary/aromatic N) is 4. The first-order valence-electron chi connectivity index (χ1n) is 12.7. The third kappa shape index (κ3) is 5.94. The second-order valence-electron chi connectivity index (χ2n) is 9.62. The summed E-state index contributed by atoms with van der Waals surface area (Å²) in [5.74, 6) is -1.97. The lowest BCUT2D eigenvalue weighted by atomic mass is 9.86. The van der Waals surface area contributed by atoms with Gasteiger partial charge in [0, 0.05) is 28.2 Å². The molecule has 228 valence electrons. The quantitative estimate of drug-likeness (QED) is 0.226. The van der Waals surface area contributed by atoms with E-state index in [0.29, 0.717) is 15.6 Å². The van der Waals surface area contributed by atoms with Gasteiger partial charge in [0.1, 0.15) is 6.61 Å². The highest BCUT2D eigenvalue weighted by Gasteiger charge is 2.34. The van der Waals surface area contributed by atoms with Crippen molar-refractivity contribution in [2.24, 2.45) is 28.2 Å². The van der Waals surface area contributed by atoms with E-state index >= 15 is 0 Å². The fraction of sp³-hybridized carbons (Fsp3) is 0.286. The van der Waals surface area contributed by atoms with Crippen LogP contribution in [0.15, 0.2) is 39.9 Å². The topological polar surface area (TPSA) is 113 Å². The standard InChI is InChI=1S/C28H27Cl3N4O6S2/c1-6-40-18-11-14(10-17(31)22(18)41-12-13-7-8-15(29)16(30)9-13)19(20-23(36)32(2)27(42)33(3)24(20)37)21-25(38)34(4)28(43)35(5)26(21)39/h7-11,19,36,38H,6,12H2,1-5H3. The predicted molar refractivity (Wildman–Crippen MR) is 171 cm³/mol. The van der Waals surface area contributed by atoms with E-state index in [4.69, 9.17) is 68.7 Å². The lowest BCUT2D eigenvalue weighted by Crippen LogP contribution is -2.33. The van der Waals surface area contributed by atoms with E-state index in [1.54, 1.807) is 25.1 Å². The minimum atomic E-state index is -1.35. The Bertz CT molecular complexity index is 1920. The summed E-state index contributed by atoms with van der Waals surface area (Å²) in [6.07, 6.45) is 0. The van der Waals surface area contributed by atoms with Crippen molar-refractivity contribution in [2.45, 2.75) is 19.4 Å². The first kappa shape index (κ1) is 32.6. The predicted octanol–water partition coefficient (Wildman–Crippen LogP) is 5.75. The molecule has 2 aromatic carbocycles. The van der Waals surface area contributed by atoms with Gasteiger partial charge in [-0.3, -0.25) is 27.9 Å². The molecule has 15 heteroatoms. The summed E-state index contributed by atoms with van der Waals surface area (Å²) in [4.78, 5) is 27.4. The van der Waals surface area contributed by atoms with Crippen LogP contribution in [0.25, 0.3) is 0 Å². The van der Waals surface area contributed by atoms with Crippen LogP contribution in [-0.4, -0.2) is 35.1 Å². The molecule has 0 spiro atoms. The number of aromatic nitrogens is 4. The summed E-state index contributed by atoms with van der Waals surface area (Å²) in [7, 11) is 5.82. The molecule has 0 fully saturated rings. The molecule has 0 saturated carbocycles. The van der Waals surface area contributed by atoms with E-state index < -0.39 is 28.8 Å². The van der Waals surface area contributed by atoms with Gasteiger partial charge in [-0.25, -0.2) is 0 Å². The smallest absolute Gasteiger partial charge is 0.262 e. The molecule has 2 N–H and O–H groups in total. The lowest BCUT2D eigenvalue weighted by Gasteiger charge is -2.24. The molecule has 0 unspecified atom stereocenters. The minimum absolute atomic E-state index is 0.0349. The lowest BCUT2D eigenvalue weighted by molar-refractivity contribution is 0.269. The summed E-state index contributed by atoms with van der Waals surface area (Å²) < 4.78 is 16.7. The van der Waals surface area contributed by atoms with Crippen molar-refractivity contribution in [3.8, 4) is 23.3 Å². The minimum Gasteiger partial charge on any atom is -0.494 e. The Morgan fingerprint density at radius 3 is 1.79 bits per heavy atom. The molecular formula is C28H27Cl3N4O6S2. The molecule has 4 aromatic rings. The van der Waals surface area contributed by atoms with E-state index in [9.17, 15) is 19.8 Å². The van der Waals surface area contributed by atoms with Crippen molar-refractivity contribution >= 4 is 59.2 Å². The van der Waals surface area contributed by atoms with Crippen LogP contribution in [-0.2, 0) is 34.8 Å². The average molecular weight is 686 g/mol.